The van der Waals surface area contributed by atoms with E-state index in [1.165, 1.54) is 12.1 Å². The minimum absolute atomic E-state index is 0.0400. The molecule has 0 N–H and O–H groups in total. The number of sulfone groups is 1. The first-order valence-electron chi connectivity index (χ1n) is 5.96. The molecule has 2 rings (SSSR count). The molecule has 19 heavy (non-hydrogen) atoms. The zero-order valence-electron chi connectivity index (χ0n) is 10.5. The third-order valence-corrected chi connectivity index (χ3v) is 5.55. The van der Waals surface area contributed by atoms with Crippen LogP contribution in [0.4, 0.5) is 4.39 Å². The summed E-state index contributed by atoms with van der Waals surface area (Å²) in [5.41, 5.74) is 0.292. The molecule has 1 heterocycles. The second-order valence-corrected chi connectivity index (χ2v) is 6.85. The molecule has 0 spiro atoms. The lowest BCUT2D eigenvalue weighted by atomic mass is 10.1. The summed E-state index contributed by atoms with van der Waals surface area (Å²) in [7, 11) is -3.48. The van der Waals surface area contributed by atoms with Gasteiger partial charge >= 0.3 is 0 Å². The van der Waals surface area contributed by atoms with Gasteiger partial charge in [0.15, 0.2) is 9.84 Å². The molecule has 1 saturated heterocycles. The zero-order valence-corrected chi connectivity index (χ0v) is 11.3. The van der Waals surface area contributed by atoms with E-state index in [2.05, 4.69) is 0 Å². The Morgan fingerprint density at radius 3 is 2.84 bits per heavy atom. The third-order valence-electron chi connectivity index (χ3n) is 3.30. The van der Waals surface area contributed by atoms with E-state index in [0.717, 1.165) is 6.07 Å². The maximum absolute atomic E-state index is 13.6. The summed E-state index contributed by atoms with van der Waals surface area (Å²) in [4.78, 5) is 0. The first-order valence-corrected chi connectivity index (χ1v) is 7.67. The second kappa shape index (κ2) is 5.27. The molecule has 102 valence electrons. The van der Waals surface area contributed by atoms with Crippen molar-refractivity contribution in [3.63, 3.8) is 0 Å². The minimum Gasteiger partial charge on any atom is -0.377 e. The van der Waals surface area contributed by atoms with Crippen molar-refractivity contribution in [2.45, 2.75) is 30.5 Å². The van der Waals surface area contributed by atoms with Gasteiger partial charge in [0.2, 0.25) is 0 Å². The van der Waals surface area contributed by atoms with Crippen LogP contribution in [0, 0.1) is 17.1 Å². The molecule has 2 unspecified atom stereocenters. The molecule has 1 aliphatic heterocycles. The van der Waals surface area contributed by atoms with Crippen LogP contribution < -0.4 is 0 Å². The van der Waals surface area contributed by atoms with Crippen LogP contribution in [0.1, 0.15) is 24.5 Å². The van der Waals surface area contributed by atoms with E-state index in [1.54, 1.807) is 6.92 Å². The van der Waals surface area contributed by atoms with Gasteiger partial charge in [-0.1, -0.05) is 0 Å². The molecule has 0 bridgehead atoms. The summed E-state index contributed by atoms with van der Waals surface area (Å²) in [6.07, 6.45) is 0.0653. The molecule has 1 aliphatic rings. The summed E-state index contributed by atoms with van der Waals surface area (Å²) in [6, 6.07) is 5.61. The quantitative estimate of drug-likeness (QED) is 0.848. The van der Waals surface area contributed by atoms with Crippen LogP contribution in [0.2, 0.25) is 0 Å². The maximum Gasteiger partial charge on any atom is 0.160 e. The van der Waals surface area contributed by atoms with Crippen molar-refractivity contribution in [3.05, 3.63) is 35.1 Å². The van der Waals surface area contributed by atoms with Crippen LogP contribution in [0.25, 0.3) is 0 Å². The fraction of sp³-hybridized carbons (Fsp3) is 0.462. The zero-order chi connectivity index (χ0) is 14.0. The molecule has 0 aliphatic carbocycles. The molecule has 2 atom stereocenters. The van der Waals surface area contributed by atoms with Gasteiger partial charge in [0.05, 0.1) is 28.7 Å². The summed E-state index contributed by atoms with van der Waals surface area (Å²) in [5.74, 6) is -0.999. The van der Waals surface area contributed by atoms with E-state index >= 15 is 0 Å². The predicted octanol–water partition coefficient (Wildman–Crippen LogP) is 1.79. The van der Waals surface area contributed by atoms with Gasteiger partial charge in [0.25, 0.3) is 0 Å². The standard InChI is InChI=1S/C13H14FNO3S/c1-9-13(4-5-18-9)19(16,17)8-11-6-10(7-15)2-3-12(11)14/h2-3,6,9,13H,4-5,8H2,1H3. The predicted molar refractivity (Wildman–Crippen MR) is 67.6 cm³/mol. The smallest absolute Gasteiger partial charge is 0.160 e. The van der Waals surface area contributed by atoms with E-state index < -0.39 is 26.7 Å². The van der Waals surface area contributed by atoms with Crippen LogP contribution in [-0.2, 0) is 20.3 Å². The third kappa shape index (κ3) is 2.94. The molecule has 1 aromatic carbocycles. The normalized spacial score (nSPS) is 23.2. The van der Waals surface area contributed by atoms with Crippen molar-refractivity contribution >= 4 is 9.84 Å². The Bertz CT molecular complexity index is 621. The molecule has 0 amide bonds. The maximum atomic E-state index is 13.6. The van der Waals surface area contributed by atoms with Crippen LogP contribution in [0.5, 0.6) is 0 Å². The number of hydrogen-bond acceptors (Lipinski definition) is 4. The minimum atomic E-state index is -3.48. The van der Waals surface area contributed by atoms with Gasteiger partial charge < -0.3 is 4.74 Å². The van der Waals surface area contributed by atoms with Crippen LogP contribution in [-0.4, -0.2) is 26.4 Å². The Morgan fingerprint density at radius 2 is 2.26 bits per heavy atom. The average molecular weight is 283 g/mol. The Balaban J connectivity index is 2.28. The van der Waals surface area contributed by atoms with Crippen molar-refractivity contribution < 1.29 is 17.5 Å². The summed E-state index contributed by atoms with van der Waals surface area (Å²) < 4.78 is 43.3. The molecule has 0 aromatic heterocycles. The van der Waals surface area contributed by atoms with Gasteiger partial charge in [-0.3, -0.25) is 0 Å². The molecule has 6 heteroatoms. The van der Waals surface area contributed by atoms with Gasteiger partial charge in [-0.05, 0) is 31.5 Å². The largest absolute Gasteiger partial charge is 0.377 e. The fourth-order valence-electron chi connectivity index (χ4n) is 2.26. The first-order chi connectivity index (χ1) is 8.94. The molecule has 1 fully saturated rings. The van der Waals surface area contributed by atoms with Crippen molar-refractivity contribution in [3.8, 4) is 6.07 Å². The number of rotatable bonds is 3. The van der Waals surface area contributed by atoms with Crippen LogP contribution in [0.15, 0.2) is 18.2 Å². The van der Waals surface area contributed by atoms with E-state index in [4.69, 9.17) is 10.00 Å². The highest BCUT2D eigenvalue weighted by molar-refractivity contribution is 7.91. The lowest BCUT2D eigenvalue weighted by molar-refractivity contribution is 0.126. The average Bonchev–Trinajstić information content (AvgIpc) is 2.79. The highest BCUT2D eigenvalue weighted by atomic mass is 32.2. The second-order valence-electron chi connectivity index (χ2n) is 4.63. The van der Waals surface area contributed by atoms with Gasteiger partial charge in [-0.15, -0.1) is 0 Å². The van der Waals surface area contributed by atoms with Crippen LogP contribution in [0.3, 0.4) is 0 Å². The van der Waals surface area contributed by atoms with E-state index in [9.17, 15) is 12.8 Å². The number of nitrogens with zero attached hydrogens (tertiary/aromatic N) is 1. The van der Waals surface area contributed by atoms with Gasteiger partial charge in [-0.2, -0.15) is 5.26 Å². The molecule has 0 radical (unpaired) electrons. The summed E-state index contributed by atoms with van der Waals surface area (Å²) >= 11 is 0. The Kier molecular flexibility index (Phi) is 3.88. The van der Waals surface area contributed by atoms with Crippen LogP contribution >= 0.6 is 0 Å². The molecule has 4 nitrogen and oxygen atoms in total. The molecule has 0 saturated carbocycles. The van der Waals surface area contributed by atoms with Gasteiger partial charge in [-0.25, -0.2) is 12.8 Å². The van der Waals surface area contributed by atoms with E-state index in [1.807, 2.05) is 6.07 Å². The Labute approximate surface area is 111 Å². The van der Waals surface area contributed by atoms with E-state index in [-0.39, 0.29) is 17.2 Å². The van der Waals surface area contributed by atoms with E-state index in [0.29, 0.717) is 13.0 Å². The van der Waals surface area contributed by atoms with Crippen molar-refractivity contribution in [2.75, 3.05) is 6.61 Å². The molecular weight excluding hydrogens is 269 g/mol. The lowest BCUT2D eigenvalue weighted by Crippen LogP contribution is -2.29. The molecular formula is C13H14FNO3S. The molecule has 1 aromatic rings. The highest BCUT2D eigenvalue weighted by Crippen LogP contribution is 2.25. The topological polar surface area (TPSA) is 67.2 Å². The fourth-order valence-corrected chi connectivity index (χ4v) is 4.25. The van der Waals surface area contributed by atoms with Gasteiger partial charge in [0.1, 0.15) is 5.82 Å². The lowest BCUT2D eigenvalue weighted by Gasteiger charge is -2.15. The Hall–Kier alpha value is -1.45. The summed E-state index contributed by atoms with van der Waals surface area (Å²) in [5, 5.41) is 8.16. The first kappa shape index (κ1) is 14.0. The Morgan fingerprint density at radius 1 is 1.53 bits per heavy atom. The van der Waals surface area contributed by atoms with Gasteiger partial charge in [0, 0.05) is 12.2 Å². The van der Waals surface area contributed by atoms with Crippen molar-refractivity contribution in [1.82, 2.24) is 0 Å². The number of benzene rings is 1. The number of hydrogen-bond donors (Lipinski definition) is 0. The van der Waals surface area contributed by atoms with Crippen molar-refractivity contribution in [1.29, 1.82) is 5.26 Å². The highest BCUT2D eigenvalue weighted by Gasteiger charge is 2.36. The number of ether oxygens (including phenoxy) is 1. The number of halogens is 1. The number of nitriles is 1. The monoisotopic (exact) mass is 283 g/mol. The van der Waals surface area contributed by atoms with Crippen molar-refractivity contribution in [2.24, 2.45) is 0 Å². The summed E-state index contributed by atoms with van der Waals surface area (Å²) in [6.45, 7) is 2.11. The SMILES string of the molecule is CC1OCCC1S(=O)(=O)Cc1cc(C#N)ccc1F.